The lowest BCUT2D eigenvalue weighted by molar-refractivity contribution is -0.115. The number of rotatable bonds is 5. The summed E-state index contributed by atoms with van der Waals surface area (Å²) in [4.78, 5) is 13.5. The third kappa shape index (κ3) is 4.42. The fourth-order valence-electron chi connectivity index (χ4n) is 2.85. The number of nitrogens with two attached hydrogens (primary N) is 1. The van der Waals surface area contributed by atoms with Crippen molar-refractivity contribution >= 4 is 33.4 Å². The number of primary sulfonamides is 1. The molecule has 7 heteroatoms. The lowest BCUT2D eigenvalue weighted by Gasteiger charge is -2.13. The lowest BCUT2D eigenvalue weighted by Crippen LogP contribution is -2.22. The van der Waals surface area contributed by atoms with Gasteiger partial charge in [-0.15, -0.1) is 11.8 Å². The van der Waals surface area contributed by atoms with E-state index in [0.717, 1.165) is 17.7 Å². The van der Waals surface area contributed by atoms with E-state index in [2.05, 4.69) is 23.5 Å². The molecular formula is C18H20N2O3S2. The molecule has 1 amide bonds. The Morgan fingerprint density at radius 2 is 1.80 bits per heavy atom. The molecule has 3 rings (SSSR count). The molecule has 0 saturated heterocycles. The fourth-order valence-corrected chi connectivity index (χ4v) is 4.30. The van der Waals surface area contributed by atoms with Gasteiger partial charge in [0.05, 0.1) is 10.1 Å². The number of carbonyl (C=O) groups is 1. The first-order valence-electron chi connectivity index (χ1n) is 8.05. The number of sulfonamides is 1. The lowest BCUT2D eigenvalue weighted by atomic mass is 10.1. The molecule has 0 radical (unpaired) electrons. The second-order valence-electron chi connectivity index (χ2n) is 6.10. The summed E-state index contributed by atoms with van der Waals surface area (Å²) >= 11 is 1.52. The molecule has 0 aromatic heterocycles. The van der Waals surface area contributed by atoms with E-state index in [-0.39, 0.29) is 16.1 Å². The number of hydrogen-bond acceptors (Lipinski definition) is 4. The van der Waals surface area contributed by atoms with Gasteiger partial charge in [-0.2, -0.15) is 0 Å². The van der Waals surface area contributed by atoms with Crippen LogP contribution >= 0.6 is 11.8 Å². The Hall–Kier alpha value is -1.83. The molecule has 0 heterocycles. The second-order valence-corrected chi connectivity index (χ2v) is 9.08. The molecule has 0 aliphatic heterocycles. The Morgan fingerprint density at radius 1 is 1.12 bits per heavy atom. The molecule has 1 atom stereocenters. The SMILES string of the molecule is C[C@@H](Sc1ccc2c(c1)CCC2)C(=O)Nc1ccc(S(N)(=O)=O)cc1. The Kier molecular flexibility index (Phi) is 5.17. The minimum atomic E-state index is -3.73. The highest BCUT2D eigenvalue weighted by molar-refractivity contribution is 8.00. The zero-order chi connectivity index (χ0) is 18.0. The van der Waals surface area contributed by atoms with E-state index >= 15 is 0 Å². The fraction of sp³-hybridized carbons (Fsp3) is 0.278. The molecule has 5 nitrogen and oxygen atoms in total. The summed E-state index contributed by atoms with van der Waals surface area (Å²) in [6.45, 7) is 1.85. The van der Waals surface area contributed by atoms with Crippen LogP contribution in [0.5, 0.6) is 0 Å². The number of carbonyl (C=O) groups excluding carboxylic acids is 1. The average Bonchev–Trinajstić information content (AvgIpc) is 3.02. The predicted molar refractivity (Wildman–Crippen MR) is 100 cm³/mol. The summed E-state index contributed by atoms with van der Waals surface area (Å²) in [6.07, 6.45) is 3.46. The molecule has 2 aromatic rings. The summed E-state index contributed by atoms with van der Waals surface area (Å²) in [6, 6.07) is 12.2. The van der Waals surface area contributed by atoms with Crippen molar-refractivity contribution < 1.29 is 13.2 Å². The Balaban J connectivity index is 1.62. The number of fused-ring (bicyclic) bond motifs is 1. The van der Waals surface area contributed by atoms with Gasteiger partial charge in [0.2, 0.25) is 15.9 Å². The van der Waals surface area contributed by atoms with Crippen molar-refractivity contribution in [2.45, 2.75) is 41.2 Å². The van der Waals surface area contributed by atoms with Crippen LogP contribution in [0.2, 0.25) is 0 Å². The van der Waals surface area contributed by atoms with E-state index in [1.807, 2.05) is 6.92 Å². The van der Waals surface area contributed by atoms with Gasteiger partial charge in [-0.1, -0.05) is 6.07 Å². The van der Waals surface area contributed by atoms with Gasteiger partial charge in [0.25, 0.3) is 0 Å². The molecule has 25 heavy (non-hydrogen) atoms. The van der Waals surface area contributed by atoms with Crippen LogP contribution in [0.4, 0.5) is 5.69 Å². The number of anilines is 1. The number of thioether (sulfide) groups is 1. The van der Waals surface area contributed by atoms with Crippen LogP contribution in [0.1, 0.15) is 24.5 Å². The van der Waals surface area contributed by atoms with E-state index in [1.165, 1.54) is 53.6 Å². The molecule has 0 saturated carbocycles. The highest BCUT2D eigenvalue weighted by Gasteiger charge is 2.17. The van der Waals surface area contributed by atoms with Gasteiger partial charge in [0.1, 0.15) is 0 Å². The van der Waals surface area contributed by atoms with Crippen LogP contribution in [0.15, 0.2) is 52.3 Å². The minimum absolute atomic E-state index is 0.0195. The molecular weight excluding hydrogens is 356 g/mol. The Morgan fingerprint density at radius 3 is 2.48 bits per heavy atom. The third-order valence-electron chi connectivity index (χ3n) is 4.20. The van der Waals surface area contributed by atoms with Gasteiger partial charge >= 0.3 is 0 Å². The Bertz CT molecular complexity index is 893. The quantitative estimate of drug-likeness (QED) is 0.785. The smallest absolute Gasteiger partial charge is 0.238 e. The van der Waals surface area contributed by atoms with E-state index in [1.54, 1.807) is 0 Å². The van der Waals surface area contributed by atoms with Crippen LogP contribution in [0.25, 0.3) is 0 Å². The molecule has 1 aliphatic carbocycles. The monoisotopic (exact) mass is 376 g/mol. The molecule has 3 N–H and O–H groups in total. The molecule has 0 spiro atoms. The van der Waals surface area contributed by atoms with Crippen molar-refractivity contribution in [1.29, 1.82) is 0 Å². The first kappa shape index (κ1) is 18.0. The largest absolute Gasteiger partial charge is 0.325 e. The maximum Gasteiger partial charge on any atom is 0.238 e. The van der Waals surface area contributed by atoms with Gasteiger partial charge in [-0.05, 0) is 73.7 Å². The van der Waals surface area contributed by atoms with E-state index in [0.29, 0.717) is 5.69 Å². The molecule has 1 aliphatic rings. The maximum atomic E-state index is 12.4. The number of nitrogens with one attached hydrogen (secondary N) is 1. The first-order valence-corrected chi connectivity index (χ1v) is 10.5. The molecule has 0 fully saturated rings. The number of benzene rings is 2. The summed E-state index contributed by atoms with van der Waals surface area (Å²) in [7, 11) is -3.73. The van der Waals surface area contributed by atoms with Crippen LogP contribution in [-0.4, -0.2) is 19.6 Å². The van der Waals surface area contributed by atoms with Crippen molar-refractivity contribution in [2.24, 2.45) is 5.14 Å². The van der Waals surface area contributed by atoms with Crippen molar-refractivity contribution in [3.8, 4) is 0 Å². The van der Waals surface area contributed by atoms with Crippen LogP contribution in [-0.2, 0) is 27.7 Å². The van der Waals surface area contributed by atoms with Gasteiger partial charge in [0, 0.05) is 10.6 Å². The van der Waals surface area contributed by atoms with Gasteiger partial charge in [-0.25, -0.2) is 13.6 Å². The van der Waals surface area contributed by atoms with Crippen molar-refractivity contribution in [2.75, 3.05) is 5.32 Å². The van der Waals surface area contributed by atoms with Crippen molar-refractivity contribution in [3.05, 3.63) is 53.6 Å². The Labute approximate surface area is 152 Å². The van der Waals surface area contributed by atoms with E-state index in [4.69, 9.17) is 5.14 Å². The van der Waals surface area contributed by atoms with Crippen LogP contribution in [0, 0.1) is 0 Å². The van der Waals surface area contributed by atoms with Crippen molar-refractivity contribution in [1.82, 2.24) is 0 Å². The number of amides is 1. The highest BCUT2D eigenvalue weighted by atomic mass is 32.2. The van der Waals surface area contributed by atoms with Gasteiger partial charge < -0.3 is 5.32 Å². The second kappa shape index (κ2) is 7.19. The van der Waals surface area contributed by atoms with Gasteiger partial charge in [-0.3, -0.25) is 4.79 Å². The number of aryl methyl sites for hydroxylation is 2. The molecule has 2 aromatic carbocycles. The first-order chi connectivity index (χ1) is 11.8. The number of hydrogen-bond donors (Lipinski definition) is 2. The summed E-state index contributed by atoms with van der Waals surface area (Å²) in [5, 5.41) is 7.59. The molecule has 0 unspecified atom stereocenters. The zero-order valence-corrected chi connectivity index (χ0v) is 15.5. The zero-order valence-electron chi connectivity index (χ0n) is 13.9. The average molecular weight is 377 g/mol. The highest BCUT2D eigenvalue weighted by Crippen LogP contribution is 2.30. The van der Waals surface area contributed by atoms with Gasteiger partial charge in [0.15, 0.2) is 0 Å². The standard InChI is InChI=1S/C18H20N2O3S2/c1-12(24-16-8-5-13-3-2-4-14(13)11-16)18(21)20-15-6-9-17(10-7-15)25(19,22)23/h5-12H,2-4H2,1H3,(H,20,21)(H2,19,22,23)/t12-/m1/s1. The maximum absolute atomic E-state index is 12.4. The van der Waals surface area contributed by atoms with E-state index in [9.17, 15) is 13.2 Å². The predicted octanol–water partition coefficient (Wildman–Crippen LogP) is 2.94. The van der Waals surface area contributed by atoms with Crippen molar-refractivity contribution in [3.63, 3.8) is 0 Å². The topological polar surface area (TPSA) is 89.3 Å². The van der Waals surface area contributed by atoms with Crippen LogP contribution < -0.4 is 10.5 Å². The third-order valence-corrected chi connectivity index (χ3v) is 6.23. The minimum Gasteiger partial charge on any atom is -0.325 e. The molecule has 0 bridgehead atoms. The van der Waals surface area contributed by atoms with Crippen LogP contribution in [0.3, 0.4) is 0 Å². The normalized spacial score (nSPS) is 14.8. The summed E-state index contributed by atoms with van der Waals surface area (Å²) in [5.74, 6) is -0.131. The molecule has 132 valence electrons. The summed E-state index contributed by atoms with van der Waals surface area (Å²) < 4.78 is 22.5. The summed E-state index contributed by atoms with van der Waals surface area (Å²) in [5.41, 5.74) is 3.34. The van der Waals surface area contributed by atoms with E-state index < -0.39 is 10.0 Å².